The average Bonchev–Trinajstić information content (AvgIpc) is 3.26. The summed E-state index contributed by atoms with van der Waals surface area (Å²) in [5.41, 5.74) is 8.23. The van der Waals surface area contributed by atoms with E-state index in [0.29, 0.717) is 17.6 Å². The lowest BCUT2D eigenvalue weighted by Gasteiger charge is -2.32. The van der Waals surface area contributed by atoms with Gasteiger partial charge in [0.1, 0.15) is 0 Å². The summed E-state index contributed by atoms with van der Waals surface area (Å²) in [5.74, 6) is 1.77. The highest BCUT2D eigenvalue weighted by atomic mass is 16.7. The van der Waals surface area contributed by atoms with Crippen LogP contribution in [0.15, 0.2) is 96.7 Å². The maximum Gasteiger partial charge on any atom is 0.494 e. The Bertz CT molecular complexity index is 1810. The van der Waals surface area contributed by atoms with Gasteiger partial charge < -0.3 is 9.31 Å². The van der Waals surface area contributed by atoms with E-state index in [2.05, 4.69) is 62.3 Å². The standard InChI is InChI=1S/C34H29BN4O2/c1-33(2)34(3,4)41-35(40-33)25-20-21-29-27(22-25)26-18-12-7-13-19-28(26)39(29)32-37-30(23-14-8-5-9-15-23)36-31(38-32)24-16-10-6-11-17-24/h5-12,14-22H,1-4H3. The number of aromatic nitrogens is 4. The van der Waals surface area contributed by atoms with Crippen molar-refractivity contribution in [1.82, 2.24) is 19.5 Å². The number of fused-ring (bicyclic) bond motifs is 3. The Balaban J connectivity index is 1.45. The van der Waals surface area contributed by atoms with Gasteiger partial charge in [-0.25, -0.2) is 4.98 Å². The molecule has 7 heteroatoms. The van der Waals surface area contributed by atoms with Gasteiger partial charge in [-0.1, -0.05) is 84.9 Å². The molecule has 0 N–H and O–H groups in total. The van der Waals surface area contributed by atoms with E-state index in [1.807, 2.05) is 78.9 Å². The van der Waals surface area contributed by atoms with E-state index >= 15 is 0 Å². The third kappa shape index (κ3) is 4.36. The number of nitrogens with zero attached hydrogens (tertiary/aromatic N) is 4. The fraction of sp³-hybridized carbons (Fsp3) is 0.176. The predicted molar refractivity (Wildman–Crippen MR) is 165 cm³/mol. The SMILES string of the molecule is CC1(C)OB(c2ccc3c(c2)c2c(n3-c3nc(-c4ccccc4)nc(-c4ccccc4)n3)C=C=CC=C2)OC1(C)C. The quantitative estimate of drug-likeness (QED) is 0.190. The van der Waals surface area contributed by atoms with E-state index in [1.54, 1.807) is 0 Å². The molecule has 0 amide bonds. The molecule has 1 fully saturated rings. The van der Waals surface area contributed by atoms with Crippen LogP contribution in [0, 0.1) is 0 Å². The Morgan fingerprint density at radius 3 is 1.98 bits per heavy atom. The van der Waals surface area contributed by atoms with Crippen LogP contribution in [0.25, 0.3) is 51.8 Å². The number of allylic oxidation sites excluding steroid dienone is 2. The molecular formula is C34H29BN4O2. The van der Waals surface area contributed by atoms with Crippen LogP contribution in [0.4, 0.5) is 0 Å². The molecule has 1 aliphatic heterocycles. The fourth-order valence-electron chi connectivity index (χ4n) is 5.24. The first-order chi connectivity index (χ1) is 19.8. The molecule has 7 rings (SSSR count). The number of benzene rings is 3. The van der Waals surface area contributed by atoms with Crippen molar-refractivity contribution in [2.45, 2.75) is 38.9 Å². The highest BCUT2D eigenvalue weighted by Crippen LogP contribution is 2.38. The number of rotatable bonds is 4. The van der Waals surface area contributed by atoms with Gasteiger partial charge in [-0.05, 0) is 45.3 Å². The number of hydrogen-bond donors (Lipinski definition) is 0. The Kier molecular flexibility index (Phi) is 5.91. The summed E-state index contributed by atoms with van der Waals surface area (Å²) in [4.78, 5) is 14.9. The molecule has 0 atom stereocenters. The summed E-state index contributed by atoms with van der Waals surface area (Å²) in [5, 5.41) is 1.06. The van der Waals surface area contributed by atoms with Crippen LogP contribution in [0.1, 0.15) is 39.0 Å². The van der Waals surface area contributed by atoms with Crippen molar-refractivity contribution < 1.29 is 9.31 Å². The van der Waals surface area contributed by atoms with Crippen LogP contribution in [-0.2, 0) is 9.31 Å². The van der Waals surface area contributed by atoms with Crippen LogP contribution in [0.2, 0.25) is 0 Å². The maximum atomic E-state index is 6.38. The summed E-state index contributed by atoms with van der Waals surface area (Å²) in [7, 11) is -0.460. The fourth-order valence-corrected chi connectivity index (χ4v) is 5.24. The highest BCUT2D eigenvalue weighted by Gasteiger charge is 2.51. The molecule has 200 valence electrons. The third-order valence-electron chi connectivity index (χ3n) is 8.16. The molecule has 1 aliphatic carbocycles. The molecule has 0 radical (unpaired) electrons. The minimum absolute atomic E-state index is 0.422. The Morgan fingerprint density at radius 1 is 0.756 bits per heavy atom. The molecule has 0 bridgehead atoms. The second kappa shape index (κ2) is 9.53. The molecule has 2 aliphatic rings. The van der Waals surface area contributed by atoms with E-state index in [4.69, 9.17) is 24.3 Å². The summed E-state index contributed by atoms with van der Waals surface area (Å²) in [6.07, 6.45) is 8.01. The van der Waals surface area contributed by atoms with E-state index in [1.165, 1.54) is 0 Å². The Hall–Kier alpha value is -4.55. The van der Waals surface area contributed by atoms with Gasteiger partial charge in [-0.15, -0.1) is 5.73 Å². The first-order valence-corrected chi connectivity index (χ1v) is 13.8. The van der Waals surface area contributed by atoms with Gasteiger partial charge in [0.05, 0.1) is 22.4 Å². The average molecular weight is 536 g/mol. The molecule has 3 heterocycles. The summed E-state index contributed by atoms with van der Waals surface area (Å²) < 4.78 is 14.9. The molecule has 6 nitrogen and oxygen atoms in total. The van der Waals surface area contributed by atoms with E-state index in [-0.39, 0.29) is 0 Å². The third-order valence-corrected chi connectivity index (χ3v) is 8.16. The van der Waals surface area contributed by atoms with Gasteiger partial charge in [0.15, 0.2) is 11.6 Å². The second-order valence-electron chi connectivity index (χ2n) is 11.4. The zero-order valence-corrected chi connectivity index (χ0v) is 23.5. The van der Waals surface area contributed by atoms with Gasteiger partial charge in [0, 0.05) is 28.2 Å². The van der Waals surface area contributed by atoms with Crippen molar-refractivity contribution in [3.63, 3.8) is 0 Å². The van der Waals surface area contributed by atoms with Crippen LogP contribution >= 0.6 is 0 Å². The van der Waals surface area contributed by atoms with Crippen molar-refractivity contribution in [3.8, 4) is 28.7 Å². The predicted octanol–water partition coefficient (Wildman–Crippen LogP) is 6.64. The molecular weight excluding hydrogens is 507 g/mol. The highest BCUT2D eigenvalue weighted by molar-refractivity contribution is 6.62. The minimum atomic E-state index is -0.460. The zero-order chi connectivity index (χ0) is 28.2. The zero-order valence-electron chi connectivity index (χ0n) is 23.5. The molecule has 41 heavy (non-hydrogen) atoms. The molecule has 3 aromatic carbocycles. The molecule has 0 spiro atoms. The van der Waals surface area contributed by atoms with E-state index in [0.717, 1.165) is 38.8 Å². The Morgan fingerprint density at radius 2 is 1.37 bits per heavy atom. The van der Waals surface area contributed by atoms with Gasteiger partial charge in [-0.3, -0.25) is 4.57 Å². The van der Waals surface area contributed by atoms with Crippen molar-refractivity contribution in [2.75, 3.05) is 0 Å². The van der Waals surface area contributed by atoms with Crippen LogP contribution < -0.4 is 5.46 Å². The van der Waals surface area contributed by atoms with E-state index < -0.39 is 18.3 Å². The largest absolute Gasteiger partial charge is 0.494 e. The number of hydrogen-bond acceptors (Lipinski definition) is 5. The lowest BCUT2D eigenvalue weighted by atomic mass is 9.78. The van der Waals surface area contributed by atoms with Gasteiger partial charge in [0.25, 0.3) is 0 Å². The normalized spacial score (nSPS) is 16.7. The molecule has 1 saturated heterocycles. The summed E-state index contributed by atoms with van der Waals surface area (Å²) >= 11 is 0. The van der Waals surface area contributed by atoms with Crippen molar-refractivity contribution in [2.24, 2.45) is 0 Å². The molecule has 5 aromatic rings. The van der Waals surface area contributed by atoms with Crippen molar-refractivity contribution in [1.29, 1.82) is 0 Å². The van der Waals surface area contributed by atoms with Crippen LogP contribution in [0.3, 0.4) is 0 Å². The van der Waals surface area contributed by atoms with Crippen LogP contribution in [0.5, 0.6) is 0 Å². The Labute approximate surface area is 239 Å². The van der Waals surface area contributed by atoms with Crippen molar-refractivity contribution in [3.05, 3.63) is 108 Å². The molecule has 0 unspecified atom stereocenters. The van der Waals surface area contributed by atoms with Crippen LogP contribution in [-0.4, -0.2) is 37.8 Å². The second-order valence-corrected chi connectivity index (χ2v) is 11.4. The lowest BCUT2D eigenvalue weighted by Crippen LogP contribution is -2.41. The van der Waals surface area contributed by atoms with Crippen molar-refractivity contribution >= 4 is 35.6 Å². The van der Waals surface area contributed by atoms with Gasteiger partial charge in [0.2, 0.25) is 5.95 Å². The van der Waals surface area contributed by atoms with Gasteiger partial charge >= 0.3 is 7.12 Å². The minimum Gasteiger partial charge on any atom is -0.399 e. The lowest BCUT2D eigenvalue weighted by molar-refractivity contribution is 0.00578. The van der Waals surface area contributed by atoms with Gasteiger partial charge in [-0.2, -0.15) is 9.97 Å². The monoisotopic (exact) mass is 536 g/mol. The summed E-state index contributed by atoms with van der Waals surface area (Å²) in [6, 6.07) is 26.4. The van der Waals surface area contributed by atoms with E-state index in [9.17, 15) is 0 Å². The smallest absolute Gasteiger partial charge is 0.399 e. The topological polar surface area (TPSA) is 62.1 Å². The first-order valence-electron chi connectivity index (χ1n) is 13.8. The first kappa shape index (κ1) is 25.4. The molecule has 2 aromatic heterocycles. The summed E-state index contributed by atoms with van der Waals surface area (Å²) in [6.45, 7) is 8.29. The molecule has 0 saturated carbocycles. The maximum absolute atomic E-state index is 6.38.